The molecule has 0 aromatic rings. The Kier molecular flexibility index (Phi) is 14.9. The minimum absolute atomic E-state index is 1.09. The summed E-state index contributed by atoms with van der Waals surface area (Å²) in [7, 11) is 0. The van der Waals surface area contributed by atoms with Crippen molar-refractivity contribution in [3.8, 4) is 12.5 Å². The lowest BCUT2D eigenvalue weighted by atomic mass is 10.1. The van der Waals surface area contributed by atoms with E-state index in [1.54, 1.807) is 0 Å². The fraction of sp³-hybridized carbons (Fsp3) is 0.889. The molecule has 0 aliphatic rings. The average Bonchev–Trinajstić information content (AvgIpc) is 2.44. The zero-order valence-corrected chi connectivity index (χ0v) is 13.4. The maximum atomic E-state index is 5.57. The molecular weight excluding hydrogens is 230 g/mol. The van der Waals surface area contributed by atoms with Crippen molar-refractivity contribution in [2.45, 2.75) is 90.9 Å². The highest BCUT2D eigenvalue weighted by molar-refractivity contribution is 4.84. The van der Waals surface area contributed by atoms with Gasteiger partial charge in [-0.05, 0) is 12.8 Å². The van der Waals surface area contributed by atoms with Crippen LogP contribution in [0, 0.1) is 12.5 Å². The van der Waals surface area contributed by atoms with Crippen LogP contribution in [-0.2, 0) is 0 Å². The molecule has 19 heavy (non-hydrogen) atoms. The normalized spacial score (nSPS) is 10.4. The highest BCUT2D eigenvalue weighted by Crippen LogP contribution is 2.08. The van der Waals surface area contributed by atoms with Crippen LogP contribution in [0.1, 0.15) is 90.9 Å². The molecule has 0 spiro atoms. The first-order valence-corrected chi connectivity index (χ1v) is 8.56. The van der Waals surface area contributed by atoms with E-state index in [0.717, 1.165) is 13.1 Å². The van der Waals surface area contributed by atoms with E-state index in [1.807, 2.05) is 0 Å². The maximum Gasteiger partial charge on any atom is 0.0260 e. The number of rotatable bonds is 14. The molecular formula is C18H35N. The molecule has 0 aliphatic heterocycles. The van der Waals surface area contributed by atoms with E-state index in [1.165, 1.54) is 77.0 Å². The first kappa shape index (κ1) is 18.4. The van der Waals surface area contributed by atoms with Crippen LogP contribution in [0.25, 0.3) is 0 Å². The van der Waals surface area contributed by atoms with Crippen LogP contribution in [0.4, 0.5) is 0 Å². The highest BCUT2D eigenvalue weighted by Gasteiger charge is 1.99. The molecule has 0 fully saturated rings. The lowest BCUT2D eigenvalue weighted by Gasteiger charge is -2.17. The largest absolute Gasteiger partial charge is 0.333 e. The SMILES string of the molecule is C#CN(CCCCCCCC)CCCCCCCC. The standard InChI is InChI=1S/C18H35N/c1-4-7-9-11-13-15-17-19(6-3)18-16-14-12-10-8-5-2/h3H,4-5,7-18H2,1-2H3. The van der Waals surface area contributed by atoms with Crippen LogP contribution in [0.2, 0.25) is 0 Å². The first-order valence-electron chi connectivity index (χ1n) is 8.56. The van der Waals surface area contributed by atoms with Gasteiger partial charge in [0.15, 0.2) is 0 Å². The predicted molar refractivity (Wildman–Crippen MR) is 87.2 cm³/mol. The molecule has 0 saturated carbocycles. The lowest BCUT2D eigenvalue weighted by Crippen LogP contribution is -2.20. The molecule has 0 radical (unpaired) electrons. The Balaban J connectivity index is 3.33. The molecule has 0 aromatic heterocycles. The molecule has 0 rings (SSSR count). The summed E-state index contributed by atoms with van der Waals surface area (Å²) in [5, 5.41) is 0. The van der Waals surface area contributed by atoms with Crippen LogP contribution in [-0.4, -0.2) is 18.0 Å². The quantitative estimate of drug-likeness (QED) is 0.224. The fourth-order valence-electron chi connectivity index (χ4n) is 2.41. The van der Waals surface area contributed by atoms with Crippen molar-refractivity contribution in [3.63, 3.8) is 0 Å². The molecule has 0 aromatic carbocycles. The predicted octanol–water partition coefficient (Wildman–Crippen LogP) is 5.60. The van der Waals surface area contributed by atoms with Gasteiger partial charge in [0.05, 0.1) is 0 Å². The van der Waals surface area contributed by atoms with Gasteiger partial charge in [-0.3, -0.25) is 0 Å². The van der Waals surface area contributed by atoms with Gasteiger partial charge in [0.1, 0.15) is 0 Å². The van der Waals surface area contributed by atoms with Crippen molar-refractivity contribution in [2.75, 3.05) is 13.1 Å². The van der Waals surface area contributed by atoms with Crippen LogP contribution in [0.15, 0.2) is 0 Å². The van der Waals surface area contributed by atoms with E-state index in [2.05, 4.69) is 24.8 Å². The van der Waals surface area contributed by atoms with Gasteiger partial charge in [0, 0.05) is 19.1 Å². The number of nitrogens with zero attached hydrogens (tertiary/aromatic N) is 1. The molecule has 0 amide bonds. The topological polar surface area (TPSA) is 3.24 Å². The minimum atomic E-state index is 1.09. The Hall–Kier alpha value is -0.640. The summed E-state index contributed by atoms with van der Waals surface area (Å²) in [5.41, 5.74) is 0. The molecule has 0 aliphatic carbocycles. The second-order valence-electron chi connectivity index (χ2n) is 5.65. The van der Waals surface area contributed by atoms with Gasteiger partial charge in [-0.1, -0.05) is 84.5 Å². The Morgan fingerprint density at radius 1 is 0.632 bits per heavy atom. The van der Waals surface area contributed by atoms with Crippen LogP contribution < -0.4 is 0 Å². The van der Waals surface area contributed by atoms with Gasteiger partial charge in [-0.25, -0.2) is 0 Å². The monoisotopic (exact) mass is 265 g/mol. The van der Waals surface area contributed by atoms with Gasteiger partial charge in [0.25, 0.3) is 0 Å². The molecule has 0 bridgehead atoms. The van der Waals surface area contributed by atoms with Crippen molar-refractivity contribution in [1.82, 2.24) is 4.90 Å². The zero-order valence-electron chi connectivity index (χ0n) is 13.4. The highest BCUT2D eigenvalue weighted by atomic mass is 15.1. The van der Waals surface area contributed by atoms with Crippen LogP contribution >= 0.6 is 0 Å². The minimum Gasteiger partial charge on any atom is -0.333 e. The lowest BCUT2D eigenvalue weighted by molar-refractivity contribution is 0.368. The van der Waals surface area contributed by atoms with Crippen molar-refractivity contribution < 1.29 is 0 Å². The van der Waals surface area contributed by atoms with Gasteiger partial charge in [-0.2, -0.15) is 0 Å². The van der Waals surface area contributed by atoms with E-state index >= 15 is 0 Å². The molecule has 1 heteroatoms. The fourth-order valence-corrected chi connectivity index (χ4v) is 2.41. The molecule has 112 valence electrons. The van der Waals surface area contributed by atoms with Gasteiger partial charge in [-0.15, -0.1) is 0 Å². The number of unbranched alkanes of at least 4 members (excludes halogenated alkanes) is 10. The van der Waals surface area contributed by atoms with E-state index in [-0.39, 0.29) is 0 Å². The zero-order chi connectivity index (χ0) is 14.2. The maximum absolute atomic E-state index is 5.57. The molecule has 0 unspecified atom stereocenters. The Bertz CT molecular complexity index is 188. The second kappa shape index (κ2) is 15.4. The summed E-state index contributed by atoms with van der Waals surface area (Å²) in [6.45, 7) is 6.72. The molecule has 0 atom stereocenters. The molecule has 0 saturated heterocycles. The average molecular weight is 265 g/mol. The third kappa shape index (κ3) is 13.6. The smallest absolute Gasteiger partial charge is 0.0260 e. The third-order valence-electron chi connectivity index (χ3n) is 3.75. The van der Waals surface area contributed by atoms with Crippen LogP contribution in [0.3, 0.4) is 0 Å². The van der Waals surface area contributed by atoms with E-state index < -0.39 is 0 Å². The molecule has 0 N–H and O–H groups in total. The molecule has 1 nitrogen and oxygen atoms in total. The Morgan fingerprint density at radius 3 is 1.37 bits per heavy atom. The van der Waals surface area contributed by atoms with E-state index in [4.69, 9.17) is 6.42 Å². The van der Waals surface area contributed by atoms with Crippen molar-refractivity contribution in [3.05, 3.63) is 0 Å². The van der Waals surface area contributed by atoms with E-state index in [9.17, 15) is 0 Å². The van der Waals surface area contributed by atoms with E-state index in [0.29, 0.717) is 0 Å². The first-order chi connectivity index (χ1) is 9.35. The summed E-state index contributed by atoms with van der Waals surface area (Å²) in [5.74, 6) is 0. The summed E-state index contributed by atoms with van der Waals surface area (Å²) in [4.78, 5) is 2.18. The van der Waals surface area contributed by atoms with Crippen LogP contribution in [0.5, 0.6) is 0 Å². The van der Waals surface area contributed by atoms with Gasteiger partial charge < -0.3 is 4.90 Å². The Morgan fingerprint density at radius 2 is 1.00 bits per heavy atom. The summed E-state index contributed by atoms with van der Waals surface area (Å²) >= 11 is 0. The summed E-state index contributed by atoms with van der Waals surface area (Å²) in [6.07, 6.45) is 21.8. The number of hydrogen-bond acceptors (Lipinski definition) is 1. The number of hydrogen-bond donors (Lipinski definition) is 0. The van der Waals surface area contributed by atoms with Gasteiger partial charge in [0.2, 0.25) is 0 Å². The van der Waals surface area contributed by atoms with Crippen molar-refractivity contribution in [1.29, 1.82) is 0 Å². The van der Waals surface area contributed by atoms with Crippen molar-refractivity contribution >= 4 is 0 Å². The second-order valence-corrected chi connectivity index (χ2v) is 5.65. The summed E-state index contributed by atoms with van der Waals surface area (Å²) < 4.78 is 0. The molecule has 0 heterocycles. The summed E-state index contributed by atoms with van der Waals surface area (Å²) in [6, 6.07) is 2.84. The van der Waals surface area contributed by atoms with Gasteiger partial charge >= 0.3 is 0 Å². The number of terminal acetylenes is 1. The third-order valence-corrected chi connectivity index (χ3v) is 3.75. The van der Waals surface area contributed by atoms with Crippen molar-refractivity contribution in [2.24, 2.45) is 0 Å². The Labute approximate surface area is 122 Å².